The van der Waals surface area contributed by atoms with Gasteiger partial charge in [0.1, 0.15) is 6.04 Å². The number of fused-ring (bicyclic) bond motifs is 1. The molecule has 5 amide bonds. The Morgan fingerprint density at radius 2 is 1.97 bits per heavy atom. The van der Waals surface area contributed by atoms with Gasteiger partial charge in [0.05, 0.1) is 13.1 Å². The molecular formula is C20H23N5O5. The summed E-state index contributed by atoms with van der Waals surface area (Å²) in [5, 5.41) is 5.30. The third kappa shape index (κ3) is 3.72. The van der Waals surface area contributed by atoms with Crippen molar-refractivity contribution in [3.05, 3.63) is 29.3 Å². The van der Waals surface area contributed by atoms with Crippen LogP contribution in [0.2, 0.25) is 0 Å². The van der Waals surface area contributed by atoms with Crippen molar-refractivity contribution in [3.8, 4) is 0 Å². The van der Waals surface area contributed by atoms with Crippen molar-refractivity contribution < 1.29 is 24.0 Å². The molecule has 3 aliphatic rings. The number of piperazine rings is 1. The first-order valence-electron chi connectivity index (χ1n) is 9.86. The van der Waals surface area contributed by atoms with E-state index in [1.165, 1.54) is 9.80 Å². The number of hydrogen-bond acceptors (Lipinski definition) is 6. The highest BCUT2D eigenvalue weighted by atomic mass is 16.2. The van der Waals surface area contributed by atoms with Gasteiger partial charge in [0.15, 0.2) is 0 Å². The molecule has 2 saturated heterocycles. The minimum absolute atomic E-state index is 0.0147. The van der Waals surface area contributed by atoms with Crippen molar-refractivity contribution in [2.24, 2.45) is 0 Å². The molecule has 1 aromatic rings. The Labute approximate surface area is 173 Å². The van der Waals surface area contributed by atoms with E-state index in [0.29, 0.717) is 37.3 Å². The van der Waals surface area contributed by atoms with E-state index < -0.39 is 11.9 Å². The number of nitrogens with zero attached hydrogens (tertiary/aromatic N) is 3. The molecule has 2 fully saturated rings. The molecule has 1 unspecified atom stereocenters. The van der Waals surface area contributed by atoms with Crippen LogP contribution in [0.1, 0.15) is 28.8 Å². The molecule has 4 rings (SSSR count). The van der Waals surface area contributed by atoms with Crippen LogP contribution in [0.4, 0.5) is 5.69 Å². The Kier molecular flexibility index (Phi) is 5.15. The molecule has 0 aromatic heterocycles. The van der Waals surface area contributed by atoms with E-state index in [1.807, 2.05) is 0 Å². The number of rotatable bonds is 4. The van der Waals surface area contributed by atoms with Crippen molar-refractivity contribution in [3.63, 3.8) is 0 Å². The number of likely N-dealkylation sites (N-methyl/N-ethyl adjacent to an activating group) is 1. The van der Waals surface area contributed by atoms with Crippen molar-refractivity contribution >= 4 is 35.2 Å². The molecule has 30 heavy (non-hydrogen) atoms. The summed E-state index contributed by atoms with van der Waals surface area (Å²) in [5.41, 5.74) is 1.89. The van der Waals surface area contributed by atoms with Gasteiger partial charge in [0, 0.05) is 44.4 Å². The second-order valence-electron chi connectivity index (χ2n) is 7.76. The Morgan fingerprint density at radius 1 is 1.17 bits per heavy atom. The van der Waals surface area contributed by atoms with Gasteiger partial charge in [-0.05, 0) is 24.1 Å². The van der Waals surface area contributed by atoms with Crippen LogP contribution < -0.4 is 10.6 Å². The van der Waals surface area contributed by atoms with Gasteiger partial charge in [-0.1, -0.05) is 6.07 Å². The summed E-state index contributed by atoms with van der Waals surface area (Å²) in [5.74, 6) is -1.31. The maximum atomic E-state index is 12.8. The average Bonchev–Trinajstić information content (AvgIpc) is 3.04. The van der Waals surface area contributed by atoms with E-state index in [4.69, 9.17) is 0 Å². The molecule has 158 valence electrons. The summed E-state index contributed by atoms with van der Waals surface area (Å²) in [7, 11) is 1.71. The largest absolute Gasteiger partial charge is 0.376 e. The number of piperidine rings is 1. The quantitative estimate of drug-likeness (QED) is 0.622. The molecule has 0 radical (unpaired) electrons. The highest BCUT2D eigenvalue weighted by Gasteiger charge is 2.39. The number of hydrogen-bond donors (Lipinski definition) is 2. The maximum Gasteiger partial charge on any atom is 0.255 e. The molecule has 2 N–H and O–H groups in total. The summed E-state index contributed by atoms with van der Waals surface area (Å²) in [6.07, 6.45) is 0.522. The molecule has 3 heterocycles. The Bertz CT molecular complexity index is 946. The molecule has 0 spiro atoms. The molecule has 0 aliphatic carbocycles. The maximum absolute atomic E-state index is 12.8. The molecule has 10 nitrogen and oxygen atoms in total. The molecule has 3 aliphatic heterocycles. The zero-order chi connectivity index (χ0) is 21.4. The van der Waals surface area contributed by atoms with Crippen molar-refractivity contribution in [2.75, 3.05) is 38.5 Å². The summed E-state index contributed by atoms with van der Waals surface area (Å²) in [6.45, 7) is 1.39. The first kappa shape index (κ1) is 19.9. The lowest BCUT2D eigenvalue weighted by molar-refractivity contribution is -0.143. The number of imide groups is 1. The first-order chi connectivity index (χ1) is 14.3. The predicted molar refractivity (Wildman–Crippen MR) is 105 cm³/mol. The van der Waals surface area contributed by atoms with Gasteiger partial charge >= 0.3 is 0 Å². The Hall–Kier alpha value is -3.43. The number of benzene rings is 1. The predicted octanol–water partition coefficient (Wildman–Crippen LogP) is -0.840. The van der Waals surface area contributed by atoms with Crippen molar-refractivity contribution in [1.82, 2.24) is 20.0 Å². The monoisotopic (exact) mass is 413 g/mol. The van der Waals surface area contributed by atoms with Crippen molar-refractivity contribution in [1.29, 1.82) is 0 Å². The zero-order valence-electron chi connectivity index (χ0n) is 16.6. The van der Waals surface area contributed by atoms with Gasteiger partial charge in [-0.3, -0.25) is 29.3 Å². The van der Waals surface area contributed by atoms with Gasteiger partial charge < -0.3 is 20.0 Å². The standard InChI is InChI=1S/C20H23N5O5/c1-23-6-7-24(11-18(23)28)17(27)9-21-13-3-2-12-10-25(20(30)14(12)8-13)15-4-5-16(26)22-19(15)29/h2-3,8,15,21H,4-7,9-11H2,1H3,(H,22,26,29). The molecule has 0 saturated carbocycles. The van der Waals surface area contributed by atoms with Crippen LogP contribution in [0.5, 0.6) is 0 Å². The number of carbonyl (C=O) groups is 5. The van der Waals surface area contributed by atoms with E-state index >= 15 is 0 Å². The lowest BCUT2D eigenvalue weighted by Gasteiger charge is -2.32. The second kappa shape index (κ2) is 7.77. The fraction of sp³-hybridized carbons (Fsp3) is 0.450. The summed E-state index contributed by atoms with van der Waals surface area (Å²) in [4.78, 5) is 65.1. The number of amides is 5. The summed E-state index contributed by atoms with van der Waals surface area (Å²) < 4.78 is 0. The van der Waals surface area contributed by atoms with E-state index in [9.17, 15) is 24.0 Å². The number of nitrogens with one attached hydrogen (secondary N) is 2. The van der Waals surface area contributed by atoms with Crippen LogP contribution in [0.25, 0.3) is 0 Å². The van der Waals surface area contributed by atoms with Crippen LogP contribution >= 0.6 is 0 Å². The fourth-order valence-electron chi connectivity index (χ4n) is 3.93. The van der Waals surface area contributed by atoms with Crippen LogP contribution in [0.15, 0.2) is 18.2 Å². The van der Waals surface area contributed by atoms with E-state index in [2.05, 4.69) is 10.6 Å². The van der Waals surface area contributed by atoms with Gasteiger partial charge in [-0.15, -0.1) is 0 Å². The van der Waals surface area contributed by atoms with Crippen LogP contribution in [-0.4, -0.2) is 83.5 Å². The number of carbonyl (C=O) groups excluding carboxylic acids is 5. The highest BCUT2D eigenvalue weighted by molar-refractivity contribution is 6.05. The third-order valence-corrected chi connectivity index (χ3v) is 5.78. The van der Waals surface area contributed by atoms with Gasteiger partial charge in [0.25, 0.3) is 5.91 Å². The van der Waals surface area contributed by atoms with Gasteiger partial charge in [0.2, 0.25) is 23.6 Å². The van der Waals surface area contributed by atoms with E-state index in [-0.39, 0.29) is 43.1 Å². The highest BCUT2D eigenvalue weighted by Crippen LogP contribution is 2.29. The number of anilines is 1. The SMILES string of the molecule is CN1CCN(C(=O)CNc2ccc3c(c2)C(=O)N(C2CCC(=O)NC2=O)C3)CC1=O. The Balaban J connectivity index is 1.39. The smallest absolute Gasteiger partial charge is 0.255 e. The zero-order valence-corrected chi connectivity index (χ0v) is 16.6. The van der Waals surface area contributed by atoms with Gasteiger partial charge in [-0.25, -0.2) is 0 Å². The molecule has 0 bridgehead atoms. The second-order valence-corrected chi connectivity index (χ2v) is 7.76. The molecular weight excluding hydrogens is 390 g/mol. The third-order valence-electron chi connectivity index (χ3n) is 5.78. The molecule has 10 heteroatoms. The van der Waals surface area contributed by atoms with Crippen LogP contribution in [0, 0.1) is 0 Å². The van der Waals surface area contributed by atoms with Crippen LogP contribution in [-0.2, 0) is 25.7 Å². The molecule has 1 atom stereocenters. The summed E-state index contributed by atoms with van der Waals surface area (Å²) >= 11 is 0. The fourth-order valence-corrected chi connectivity index (χ4v) is 3.93. The lowest BCUT2D eigenvalue weighted by Crippen LogP contribution is -2.52. The summed E-state index contributed by atoms with van der Waals surface area (Å²) in [6, 6.07) is 4.59. The van der Waals surface area contributed by atoms with Gasteiger partial charge in [-0.2, -0.15) is 0 Å². The molecule has 1 aromatic carbocycles. The topological polar surface area (TPSA) is 119 Å². The lowest BCUT2D eigenvalue weighted by atomic mass is 10.0. The average molecular weight is 413 g/mol. The minimum atomic E-state index is -0.657. The normalized spacial score (nSPS) is 21.6. The van der Waals surface area contributed by atoms with Crippen LogP contribution in [0.3, 0.4) is 0 Å². The van der Waals surface area contributed by atoms with E-state index in [0.717, 1.165) is 5.56 Å². The Morgan fingerprint density at radius 3 is 2.70 bits per heavy atom. The minimum Gasteiger partial charge on any atom is -0.376 e. The first-order valence-corrected chi connectivity index (χ1v) is 9.86. The van der Waals surface area contributed by atoms with E-state index in [1.54, 1.807) is 30.1 Å². The van der Waals surface area contributed by atoms with Crippen molar-refractivity contribution in [2.45, 2.75) is 25.4 Å².